The fourth-order valence-corrected chi connectivity index (χ4v) is 7.58. The van der Waals surface area contributed by atoms with Crippen molar-refractivity contribution in [1.29, 1.82) is 0 Å². The number of hydrogen-bond acceptors (Lipinski definition) is 13. The summed E-state index contributed by atoms with van der Waals surface area (Å²) >= 11 is 0. The number of benzene rings is 1. The lowest BCUT2D eigenvalue weighted by atomic mass is 9.83. The van der Waals surface area contributed by atoms with E-state index in [-0.39, 0.29) is 13.0 Å². The van der Waals surface area contributed by atoms with Crippen molar-refractivity contribution in [1.82, 2.24) is 20.9 Å². The van der Waals surface area contributed by atoms with Crippen LogP contribution in [0.2, 0.25) is 0 Å². The molecule has 3 aliphatic rings. The van der Waals surface area contributed by atoms with Crippen LogP contribution in [0.4, 0.5) is 14.4 Å². The van der Waals surface area contributed by atoms with Crippen LogP contribution in [0.3, 0.4) is 0 Å². The van der Waals surface area contributed by atoms with Crippen LogP contribution in [0.1, 0.15) is 106 Å². The molecule has 4 rings (SSSR count). The summed E-state index contributed by atoms with van der Waals surface area (Å²) in [5.41, 5.74) is -1.61. The molecule has 324 valence electrons. The summed E-state index contributed by atoms with van der Waals surface area (Å²) in [5.74, 6) is 0.433. The van der Waals surface area contributed by atoms with Gasteiger partial charge in [0, 0.05) is 19.6 Å². The van der Waals surface area contributed by atoms with Gasteiger partial charge in [-0.1, -0.05) is 49.6 Å². The van der Waals surface area contributed by atoms with Gasteiger partial charge in [0.05, 0.1) is 12.1 Å². The summed E-state index contributed by atoms with van der Waals surface area (Å²) in [6.45, 7) is 16.5. The Balaban J connectivity index is 1.66. The molecule has 10 atom stereocenters. The lowest BCUT2D eigenvalue weighted by Gasteiger charge is -2.48. The molecule has 16 nitrogen and oxygen atoms in total. The zero-order valence-corrected chi connectivity index (χ0v) is 35.1. The Labute approximate surface area is 337 Å². The summed E-state index contributed by atoms with van der Waals surface area (Å²) in [6, 6.07) is 6.24. The van der Waals surface area contributed by atoms with Crippen LogP contribution in [0.15, 0.2) is 30.3 Å². The van der Waals surface area contributed by atoms with Crippen molar-refractivity contribution in [2.75, 3.05) is 13.1 Å². The quantitative estimate of drug-likeness (QED) is 0.159. The Morgan fingerprint density at radius 2 is 1.21 bits per heavy atom. The van der Waals surface area contributed by atoms with Crippen molar-refractivity contribution in [3.05, 3.63) is 35.9 Å². The van der Waals surface area contributed by atoms with Crippen molar-refractivity contribution in [3.8, 4) is 0 Å². The number of carbonyl (C=O) groups is 3. The zero-order chi connectivity index (χ0) is 42.3. The maximum atomic E-state index is 13.2. The SMILES string of the molecule is CC(C)(C)OC(=O)N[C@H]1[C@@H](O[C@H]2[C@H](O)[C@@H](O)[C@H](NC(=O)OC(C)(C)C)C[C@@H]2NC(=O)OC(C)(C)C)O[C@H](CN(Cc2ccccc2)CC2CCCCC2)[C@@H](O)[C@@H]1O. The largest absolute Gasteiger partial charge is 0.444 e. The highest BCUT2D eigenvalue weighted by atomic mass is 16.7. The van der Waals surface area contributed by atoms with Gasteiger partial charge in [0.15, 0.2) is 6.29 Å². The highest BCUT2D eigenvalue weighted by molar-refractivity contribution is 5.69. The highest BCUT2D eigenvalue weighted by Crippen LogP contribution is 2.32. The van der Waals surface area contributed by atoms with Gasteiger partial charge in [0.25, 0.3) is 0 Å². The number of nitrogens with one attached hydrogen (secondary N) is 3. The van der Waals surface area contributed by atoms with Crippen LogP contribution in [-0.2, 0) is 30.2 Å². The van der Waals surface area contributed by atoms with Gasteiger partial charge in [-0.25, -0.2) is 14.4 Å². The molecule has 0 spiro atoms. The molecule has 3 fully saturated rings. The van der Waals surface area contributed by atoms with E-state index < -0.39 is 96.1 Å². The first-order valence-corrected chi connectivity index (χ1v) is 20.3. The minimum atomic E-state index is -1.76. The van der Waals surface area contributed by atoms with Crippen molar-refractivity contribution in [3.63, 3.8) is 0 Å². The van der Waals surface area contributed by atoms with Crippen LogP contribution >= 0.6 is 0 Å². The van der Waals surface area contributed by atoms with E-state index in [9.17, 15) is 34.8 Å². The van der Waals surface area contributed by atoms with Crippen molar-refractivity contribution >= 4 is 18.3 Å². The second-order valence-corrected chi connectivity index (χ2v) is 18.7. The summed E-state index contributed by atoms with van der Waals surface area (Å²) in [5, 5.41) is 54.2. The molecule has 1 aromatic rings. The Kier molecular flexibility index (Phi) is 16.0. The number of amides is 3. The minimum Gasteiger partial charge on any atom is -0.444 e. The Hall–Kier alpha value is -3.25. The molecular weight excluding hydrogens is 740 g/mol. The van der Waals surface area contributed by atoms with E-state index in [0.717, 1.165) is 37.8 Å². The van der Waals surface area contributed by atoms with Crippen LogP contribution in [0.5, 0.6) is 0 Å². The number of nitrogens with zero attached hydrogens (tertiary/aromatic N) is 1. The number of aliphatic hydroxyl groups excluding tert-OH is 4. The van der Waals surface area contributed by atoms with Gasteiger partial charge in [0.2, 0.25) is 0 Å². The second kappa shape index (κ2) is 19.7. The molecule has 2 aliphatic carbocycles. The Bertz CT molecular complexity index is 1440. The lowest BCUT2D eigenvalue weighted by molar-refractivity contribution is -0.296. The number of alkyl carbamates (subject to hydrolysis) is 3. The van der Waals surface area contributed by atoms with Crippen LogP contribution in [0, 0.1) is 5.92 Å². The molecular formula is C41H68N4O12. The van der Waals surface area contributed by atoms with Crippen molar-refractivity contribution < 1.29 is 58.5 Å². The summed E-state index contributed by atoms with van der Waals surface area (Å²) < 4.78 is 29.2. The number of hydrogen-bond donors (Lipinski definition) is 7. The second-order valence-electron chi connectivity index (χ2n) is 18.7. The Morgan fingerprint density at radius 1 is 0.684 bits per heavy atom. The topological polar surface area (TPSA) is 218 Å². The third-order valence-electron chi connectivity index (χ3n) is 10.0. The summed E-state index contributed by atoms with van der Waals surface area (Å²) in [7, 11) is 0. The lowest BCUT2D eigenvalue weighted by Crippen LogP contribution is -2.70. The normalized spacial score (nSPS) is 30.3. The van der Waals surface area contributed by atoms with Crippen LogP contribution < -0.4 is 16.0 Å². The highest BCUT2D eigenvalue weighted by Gasteiger charge is 2.52. The first-order valence-electron chi connectivity index (χ1n) is 20.3. The molecule has 1 aliphatic heterocycles. The van der Waals surface area contributed by atoms with Gasteiger partial charge in [0.1, 0.15) is 59.5 Å². The Morgan fingerprint density at radius 3 is 1.75 bits per heavy atom. The molecule has 3 amide bonds. The monoisotopic (exact) mass is 808 g/mol. The maximum Gasteiger partial charge on any atom is 0.408 e. The fourth-order valence-electron chi connectivity index (χ4n) is 7.58. The van der Waals surface area contributed by atoms with E-state index in [0.29, 0.717) is 12.5 Å². The van der Waals surface area contributed by atoms with Gasteiger partial charge in [-0.15, -0.1) is 0 Å². The first kappa shape index (κ1) is 46.4. The van der Waals surface area contributed by atoms with Crippen LogP contribution in [0.25, 0.3) is 0 Å². The molecule has 0 unspecified atom stereocenters. The fraction of sp³-hybridized carbons (Fsp3) is 0.780. The van der Waals surface area contributed by atoms with E-state index in [1.165, 1.54) is 6.42 Å². The van der Waals surface area contributed by atoms with E-state index in [1.807, 2.05) is 30.3 Å². The number of ether oxygens (including phenoxy) is 5. The van der Waals surface area contributed by atoms with E-state index in [4.69, 9.17) is 23.7 Å². The van der Waals surface area contributed by atoms with Crippen molar-refractivity contribution in [2.45, 2.75) is 185 Å². The number of rotatable bonds is 11. The molecule has 16 heteroatoms. The van der Waals surface area contributed by atoms with E-state index >= 15 is 0 Å². The van der Waals surface area contributed by atoms with E-state index in [1.54, 1.807) is 62.3 Å². The molecule has 7 N–H and O–H groups in total. The molecule has 57 heavy (non-hydrogen) atoms. The van der Waals surface area contributed by atoms with Crippen molar-refractivity contribution in [2.24, 2.45) is 5.92 Å². The summed E-state index contributed by atoms with van der Waals surface area (Å²) in [4.78, 5) is 41.3. The summed E-state index contributed by atoms with van der Waals surface area (Å²) in [6.07, 6.45) is -7.69. The van der Waals surface area contributed by atoms with Gasteiger partial charge in [-0.3, -0.25) is 4.90 Å². The molecule has 0 aromatic heterocycles. The first-order chi connectivity index (χ1) is 26.5. The molecule has 0 bridgehead atoms. The number of carbonyl (C=O) groups excluding carboxylic acids is 3. The number of aliphatic hydroxyl groups is 4. The van der Waals surface area contributed by atoms with Gasteiger partial charge in [-0.2, -0.15) is 0 Å². The third kappa shape index (κ3) is 14.8. The minimum absolute atomic E-state index is 0.154. The molecule has 1 heterocycles. The van der Waals surface area contributed by atoms with Crippen LogP contribution in [-0.4, -0.2) is 135 Å². The average molecular weight is 809 g/mol. The van der Waals surface area contributed by atoms with E-state index in [2.05, 4.69) is 20.9 Å². The van der Waals surface area contributed by atoms with Gasteiger partial charge in [-0.05, 0) is 93.1 Å². The smallest absolute Gasteiger partial charge is 0.408 e. The predicted molar refractivity (Wildman–Crippen MR) is 210 cm³/mol. The van der Waals surface area contributed by atoms with Gasteiger partial charge < -0.3 is 60.1 Å². The molecule has 2 saturated carbocycles. The third-order valence-corrected chi connectivity index (χ3v) is 10.0. The average Bonchev–Trinajstić information content (AvgIpc) is 3.07. The molecule has 0 radical (unpaired) electrons. The van der Waals surface area contributed by atoms with Gasteiger partial charge >= 0.3 is 18.3 Å². The molecule has 1 saturated heterocycles. The standard InChI is InChI=1S/C41H68N4O12/c1-39(2,3)55-36(50)42-26-20-27(43-37(51)56-40(4,5)6)34(33(49)30(26)46)54-35-29(44-38(52)57-41(7,8)9)32(48)31(47)28(53-35)23-45(21-24-16-12-10-13-17-24)22-25-18-14-11-15-19-25/h10,12-13,16-17,25-35,46-49H,11,14-15,18-23H2,1-9H3,(H,42,50)(H,43,51)(H,44,52)/t26-,27+,28-,29-,30+,31-,32-,33-,34-,35-/m1/s1. The zero-order valence-electron chi connectivity index (χ0n) is 35.1. The molecule has 1 aromatic carbocycles. The predicted octanol–water partition coefficient (Wildman–Crippen LogP) is 3.71. The maximum absolute atomic E-state index is 13.2.